The van der Waals surface area contributed by atoms with E-state index in [-0.39, 0.29) is 0 Å². The molecule has 2 rings (SSSR count). The molecule has 0 bridgehead atoms. The van der Waals surface area contributed by atoms with Crippen molar-refractivity contribution < 1.29 is 0 Å². The normalized spacial score (nSPS) is 10.6. The fourth-order valence-corrected chi connectivity index (χ4v) is 2.18. The van der Waals surface area contributed by atoms with Crippen LogP contribution in [0.25, 0.3) is 0 Å². The molecule has 0 heterocycles. The molecule has 2 aromatic carbocycles. The number of anilines is 3. The predicted molar refractivity (Wildman–Crippen MR) is 84.3 cm³/mol. The van der Waals surface area contributed by atoms with Crippen LogP contribution in [0.1, 0.15) is 27.8 Å². The van der Waals surface area contributed by atoms with Crippen LogP contribution in [-0.4, -0.2) is 0 Å². The molecule has 0 aliphatic heterocycles. The maximum Gasteiger partial charge on any atom is 0.0620 e. The number of nitrogens with two attached hydrogens (primary N) is 1. The van der Waals surface area contributed by atoms with E-state index < -0.39 is 0 Å². The molecule has 100 valence electrons. The molecule has 0 aliphatic rings. The van der Waals surface area contributed by atoms with Crippen molar-refractivity contribution in [1.29, 1.82) is 0 Å². The first-order valence-corrected chi connectivity index (χ1v) is 6.60. The smallest absolute Gasteiger partial charge is 0.0620 e. The first-order chi connectivity index (χ1) is 8.90. The van der Waals surface area contributed by atoms with Gasteiger partial charge in [0, 0.05) is 5.69 Å². The number of hydrogen-bond donors (Lipinski definition) is 2. The molecular formula is C17H22N2. The molecule has 19 heavy (non-hydrogen) atoms. The maximum atomic E-state index is 6.09. The summed E-state index contributed by atoms with van der Waals surface area (Å²) in [6, 6.07) is 8.39. The van der Waals surface area contributed by atoms with E-state index in [2.05, 4.69) is 58.1 Å². The summed E-state index contributed by atoms with van der Waals surface area (Å²) < 4.78 is 0. The number of aryl methyl sites for hydroxylation is 3. The fourth-order valence-electron chi connectivity index (χ4n) is 2.18. The van der Waals surface area contributed by atoms with Crippen molar-refractivity contribution in [2.45, 2.75) is 34.6 Å². The van der Waals surface area contributed by atoms with Gasteiger partial charge in [0.25, 0.3) is 0 Å². The Morgan fingerprint density at radius 3 is 2.05 bits per heavy atom. The summed E-state index contributed by atoms with van der Waals surface area (Å²) >= 11 is 0. The Bertz CT molecular complexity index is 628. The SMILES string of the molecule is Cc1cc(N)c(Nc2ccc(C)c(C)c2C)cc1C. The van der Waals surface area contributed by atoms with E-state index in [4.69, 9.17) is 5.73 Å². The molecule has 3 N–H and O–H groups in total. The van der Waals surface area contributed by atoms with Gasteiger partial charge in [-0.1, -0.05) is 6.07 Å². The predicted octanol–water partition coefficient (Wildman–Crippen LogP) is 4.55. The third kappa shape index (κ3) is 2.58. The van der Waals surface area contributed by atoms with Crippen molar-refractivity contribution in [1.82, 2.24) is 0 Å². The fraction of sp³-hybridized carbons (Fsp3) is 0.294. The number of hydrogen-bond acceptors (Lipinski definition) is 2. The van der Waals surface area contributed by atoms with Crippen molar-refractivity contribution in [3.8, 4) is 0 Å². The zero-order chi connectivity index (χ0) is 14.2. The molecule has 0 spiro atoms. The van der Waals surface area contributed by atoms with Crippen LogP contribution < -0.4 is 11.1 Å². The van der Waals surface area contributed by atoms with Crippen molar-refractivity contribution in [3.05, 3.63) is 52.1 Å². The highest BCUT2D eigenvalue weighted by Gasteiger charge is 2.07. The van der Waals surface area contributed by atoms with Gasteiger partial charge in [-0.3, -0.25) is 0 Å². The molecule has 2 nitrogen and oxygen atoms in total. The molecule has 0 saturated carbocycles. The molecule has 2 aromatic rings. The molecule has 0 amide bonds. The zero-order valence-corrected chi connectivity index (χ0v) is 12.4. The second-order valence-corrected chi connectivity index (χ2v) is 5.33. The summed E-state index contributed by atoms with van der Waals surface area (Å²) in [7, 11) is 0. The van der Waals surface area contributed by atoms with Crippen LogP contribution >= 0.6 is 0 Å². The summed E-state index contributed by atoms with van der Waals surface area (Å²) in [6.07, 6.45) is 0. The van der Waals surface area contributed by atoms with Gasteiger partial charge < -0.3 is 11.1 Å². The molecule has 0 aromatic heterocycles. The quantitative estimate of drug-likeness (QED) is 0.771. The summed E-state index contributed by atoms with van der Waals surface area (Å²) in [6.45, 7) is 10.6. The number of rotatable bonds is 2. The Hall–Kier alpha value is -1.96. The zero-order valence-electron chi connectivity index (χ0n) is 12.4. The van der Waals surface area contributed by atoms with E-state index in [1.54, 1.807) is 0 Å². The minimum absolute atomic E-state index is 0.792. The lowest BCUT2D eigenvalue weighted by Gasteiger charge is -2.16. The lowest BCUT2D eigenvalue weighted by atomic mass is 10.0. The summed E-state index contributed by atoms with van der Waals surface area (Å²) in [5.74, 6) is 0. The largest absolute Gasteiger partial charge is 0.397 e. The van der Waals surface area contributed by atoms with Crippen molar-refractivity contribution in [2.24, 2.45) is 0 Å². The van der Waals surface area contributed by atoms with Gasteiger partial charge in [-0.05, 0) is 80.6 Å². The number of nitrogen functional groups attached to an aromatic ring is 1. The van der Waals surface area contributed by atoms with Gasteiger partial charge in [-0.25, -0.2) is 0 Å². The Labute approximate surface area is 115 Å². The minimum atomic E-state index is 0.792. The van der Waals surface area contributed by atoms with Crippen molar-refractivity contribution in [2.75, 3.05) is 11.1 Å². The Morgan fingerprint density at radius 1 is 0.737 bits per heavy atom. The average Bonchev–Trinajstić information content (AvgIpc) is 2.36. The Morgan fingerprint density at radius 2 is 1.37 bits per heavy atom. The van der Waals surface area contributed by atoms with Crippen LogP contribution in [0, 0.1) is 34.6 Å². The van der Waals surface area contributed by atoms with Crippen LogP contribution in [0.3, 0.4) is 0 Å². The highest BCUT2D eigenvalue weighted by molar-refractivity contribution is 5.76. The Kier molecular flexibility index (Phi) is 3.52. The molecule has 2 heteroatoms. The Balaban J connectivity index is 2.42. The van der Waals surface area contributed by atoms with E-state index in [0.29, 0.717) is 0 Å². The van der Waals surface area contributed by atoms with Crippen LogP contribution in [0.2, 0.25) is 0 Å². The highest BCUT2D eigenvalue weighted by atomic mass is 14.9. The van der Waals surface area contributed by atoms with Gasteiger partial charge in [-0.2, -0.15) is 0 Å². The molecule has 0 aliphatic carbocycles. The standard InChI is InChI=1S/C17H22N2/c1-10-6-7-16(14(5)13(10)4)19-17-9-12(3)11(2)8-15(17)18/h6-9,19H,18H2,1-5H3. The maximum absolute atomic E-state index is 6.09. The van der Waals surface area contributed by atoms with Gasteiger partial charge >= 0.3 is 0 Å². The molecule has 0 atom stereocenters. The van der Waals surface area contributed by atoms with Gasteiger partial charge in [-0.15, -0.1) is 0 Å². The van der Waals surface area contributed by atoms with E-state index in [0.717, 1.165) is 17.1 Å². The minimum Gasteiger partial charge on any atom is -0.397 e. The lowest BCUT2D eigenvalue weighted by molar-refractivity contribution is 1.26. The third-order valence-electron chi connectivity index (χ3n) is 3.99. The first-order valence-electron chi connectivity index (χ1n) is 6.60. The monoisotopic (exact) mass is 254 g/mol. The highest BCUT2D eigenvalue weighted by Crippen LogP contribution is 2.29. The van der Waals surface area contributed by atoms with E-state index >= 15 is 0 Å². The third-order valence-corrected chi connectivity index (χ3v) is 3.99. The summed E-state index contributed by atoms with van der Waals surface area (Å²) in [5.41, 5.74) is 15.4. The van der Waals surface area contributed by atoms with Crippen LogP contribution in [0.5, 0.6) is 0 Å². The van der Waals surface area contributed by atoms with Gasteiger partial charge in [0.05, 0.1) is 11.4 Å². The topological polar surface area (TPSA) is 38.0 Å². The van der Waals surface area contributed by atoms with Crippen LogP contribution in [-0.2, 0) is 0 Å². The molecule has 0 unspecified atom stereocenters. The van der Waals surface area contributed by atoms with E-state index in [1.165, 1.54) is 27.8 Å². The second kappa shape index (κ2) is 4.96. The van der Waals surface area contributed by atoms with Crippen molar-refractivity contribution in [3.63, 3.8) is 0 Å². The number of benzene rings is 2. The van der Waals surface area contributed by atoms with Crippen LogP contribution in [0.15, 0.2) is 24.3 Å². The lowest BCUT2D eigenvalue weighted by Crippen LogP contribution is -2.01. The van der Waals surface area contributed by atoms with E-state index in [9.17, 15) is 0 Å². The van der Waals surface area contributed by atoms with Crippen LogP contribution in [0.4, 0.5) is 17.1 Å². The summed E-state index contributed by atoms with van der Waals surface area (Å²) in [4.78, 5) is 0. The van der Waals surface area contributed by atoms with Gasteiger partial charge in [0.2, 0.25) is 0 Å². The molecule has 0 fully saturated rings. The summed E-state index contributed by atoms with van der Waals surface area (Å²) in [5, 5.41) is 3.45. The van der Waals surface area contributed by atoms with E-state index in [1.807, 2.05) is 6.07 Å². The number of nitrogens with one attached hydrogen (secondary N) is 1. The van der Waals surface area contributed by atoms with Gasteiger partial charge in [0.15, 0.2) is 0 Å². The molecule has 0 saturated heterocycles. The van der Waals surface area contributed by atoms with Gasteiger partial charge in [0.1, 0.15) is 0 Å². The van der Waals surface area contributed by atoms with Crippen molar-refractivity contribution >= 4 is 17.1 Å². The molecular weight excluding hydrogens is 232 g/mol. The first kappa shape index (κ1) is 13.5. The second-order valence-electron chi connectivity index (χ2n) is 5.33. The molecule has 0 radical (unpaired) electrons. The average molecular weight is 254 g/mol.